The lowest BCUT2D eigenvalue weighted by molar-refractivity contribution is -0.136. The summed E-state index contributed by atoms with van der Waals surface area (Å²) in [5.74, 6) is -0.244. The van der Waals surface area contributed by atoms with Crippen molar-refractivity contribution < 1.29 is 18.0 Å². The largest absolute Gasteiger partial charge is 0.401 e. The zero-order valence-electron chi connectivity index (χ0n) is 11.5. The van der Waals surface area contributed by atoms with E-state index in [9.17, 15) is 18.0 Å². The van der Waals surface area contributed by atoms with E-state index in [2.05, 4.69) is 10.2 Å². The molecule has 1 fully saturated rings. The zero-order valence-corrected chi connectivity index (χ0v) is 11.5. The van der Waals surface area contributed by atoms with Crippen molar-refractivity contribution >= 4 is 5.91 Å². The van der Waals surface area contributed by atoms with E-state index in [-0.39, 0.29) is 18.5 Å². The van der Waals surface area contributed by atoms with Gasteiger partial charge in [0.2, 0.25) is 5.91 Å². The number of carbonyl (C=O) groups is 1. The summed E-state index contributed by atoms with van der Waals surface area (Å²) in [6.45, 7) is 2.93. The van der Waals surface area contributed by atoms with Crippen molar-refractivity contribution in [1.29, 1.82) is 0 Å². The molecular formula is C12H22F3N3O. The van der Waals surface area contributed by atoms with Crippen molar-refractivity contribution in [2.24, 2.45) is 0 Å². The van der Waals surface area contributed by atoms with Crippen LogP contribution in [0.4, 0.5) is 13.2 Å². The number of alkyl halides is 3. The van der Waals surface area contributed by atoms with Crippen molar-refractivity contribution in [3.8, 4) is 0 Å². The van der Waals surface area contributed by atoms with Crippen LogP contribution in [0.1, 0.15) is 19.8 Å². The predicted molar refractivity (Wildman–Crippen MR) is 66.8 cm³/mol. The van der Waals surface area contributed by atoms with Gasteiger partial charge >= 0.3 is 6.18 Å². The number of amides is 1. The Bertz CT molecular complexity index is 296. The smallest absolute Gasteiger partial charge is 0.337 e. The van der Waals surface area contributed by atoms with Crippen LogP contribution in [0.2, 0.25) is 0 Å². The number of hydrogen-bond donors (Lipinski definition) is 1. The highest BCUT2D eigenvalue weighted by molar-refractivity contribution is 5.78. The van der Waals surface area contributed by atoms with Gasteiger partial charge in [-0.3, -0.25) is 4.79 Å². The lowest BCUT2D eigenvalue weighted by Crippen LogP contribution is -2.47. The van der Waals surface area contributed by atoms with E-state index in [0.717, 1.165) is 25.9 Å². The first-order valence-corrected chi connectivity index (χ1v) is 6.59. The normalized spacial score (nSPS) is 22.4. The fourth-order valence-electron chi connectivity index (χ4n) is 2.33. The molecule has 0 aromatic carbocycles. The van der Waals surface area contributed by atoms with Gasteiger partial charge in [0.1, 0.15) is 0 Å². The lowest BCUT2D eigenvalue weighted by Gasteiger charge is -2.30. The van der Waals surface area contributed by atoms with Gasteiger partial charge in [0, 0.05) is 19.1 Å². The molecule has 1 rings (SSSR count). The third kappa shape index (κ3) is 5.78. The number of halogens is 3. The molecular weight excluding hydrogens is 259 g/mol. The summed E-state index contributed by atoms with van der Waals surface area (Å²) >= 11 is 0. The zero-order chi connectivity index (χ0) is 14.5. The topological polar surface area (TPSA) is 35.6 Å². The highest BCUT2D eigenvalue weighted by atomic mass is 19.4. The van der Waals surface area contributed by atoms with Crippen molar-refractivity contribution in [2.75, 3.05) is 39.8 Å². The summed E-state index contributed by atoms with van der Waals surface area (Å²) in [6, 6.07) is 0.0905. The molecule has 1 heterocycles. The summed E-state index contributed by atoms with van der Waals surface area (Å²) in [7, 11) is 2.00. The van der Waals surface area contributed by atoms with Crippen LogP contribution in [0.5, 0.6) is 0 Å². The Labute approximate surface area is 111 Å². The minimum absolute atomic E-state index is 0.0905. The average molecular weight is 281 g/mol. The molecule has 1 aliphatic rings. The standard InChI is InChI=1S/C12H22F3N3O/c1-3-10-8-17(2)5-4-6-18(10)11(19)7-16-9-12(13,14)15/h10,16H,3-9H2,1-2H3. The highest BCUT2D eigenvalue weighted by Crippen LogP contribution is 2.13. The number of carbonyl (C=O) groups excluding carboxylic acids is 1. The SMILES string of the molecule is CCC1CN(C)CCCN1C(=O)CNCC(F)(F)F. The fourth-order valence-corrected chi connectivity index (χ4v) is 2.33. The molecule has 0 radical (unpaired) electrons. The van der Waals surface area contributed by atoms with E-state index in [1.807, 2.05) is 14.0 Å². The number of hydrogen-bond acceptors (Lipinski definition) is 3. The Morgan fingerprint density at radius 2 is 2.05 bits per heavy atom. The van der Waals surface area contributed by atoms with Gasteiger partial charge in [0.25, 0.3) is 0 Å². The van der Waals surface area contributed by atoms with Crippen LogP contribution >= 0.6 is 0 Å². The molecule has 1 saturated heterocycles. The minimum atomic E-state index is -4.27. The number of nitrogens with zero attached hydrogens (tertiary/aromatic N) is 2. The van der Waals surface area contributed by atoms with Gasteiger partial charge in [-0.1, -0.05) is 6.92 Å². The van der Waals surface area contributed by atoms with Crippen LogP contribution in [0.3, 0.4) is 0 Å². The Morgan fingerprint density at radius 1 is 1.37 bits per heavy atom. The Hall–Kier alpha value is -0.820. The van der Waals surface area contributed by atoms with E-state index in [1.165, 1.54) is 0 Å². The Kier molecular flexibility index (Phi) is 6.06. The molecule has 0 aromatic rings. The first-order chi connectivity index (χ1) is 8.83. The minimum Gasteiger partial charge on any atom is -0.337 e. The first-order valence-electron chi connectivity index (χ1n) is 6.59. The van der Waals surface area contributed by atoms with Gasteiger partial charge in [-0.15, -0.1) is 0 Å². The summed E-state index contributed by atoms with van der Waals surface area (Å²) in [5.41, 5.74) is 0. The number of likely N-dealkylation sites (N-methyl/N-ethyl adjacent to an activating group) is 1. The quantitative estimate of drug-likeness (QED) is 0.837. The molecule has 7 heteroatoms. The molecule has 19 heavy (non-hydrogen) atoms. The van der Waals surface area contributed by atoms with Crippen molar-refractivity contribution in [3.05, 3.63) is 0 Å². The molecule has 4 nitrogen and oxygen atoms in total. The third-order valence-electron chi connectivity index (χ3n) is 3.30. The van der Waals surface area contributed by atoms with E-state index in [0.29, 0.717) is 6.54 Å². The van der Waals surface area contributed by atoms with Crippen LogP contribution in [0, 0.1) is 0 Å². The molecule has 0 aromatic heterocycles. The van der Waals surface area contributed by atoms with Gasteiger partial charge in [-0.2, -0.15) is 13.2 Å². The molecule has 0 aliphatic carbocycles. The monoisotopic (exact) mass is 281 g/mol. The van der Waals surface area contributed by atoms with Crippen molar-refractivity contribution in [2.45, 2.75) is 32.0 Å². The molecule has 112 valence electrons. The summed E-state index contributed by atoms with van der Waals surface area (Å²) in [6.07, 6.45) is -2.60. The molecule has 0 spiro atoms. The predicted octanol–water partition coefficient (Wildman–Crippen LogP) is 1.08. The second kappa shape index (κ2) is 7.09. The molecule has 1 amide bonds. The van der Waals surface area contributed by atoms with E-state index in [1.54, 1.807) is 4.90 Å². The maximum Gasteiger partial charge on any atom is 0.401 e. The Morgan fingerprint density at radius 3 is 2.63 bits per heavy atom. The van der Waals surface area contributed by atoms with Gasteiger partial charge in [0.05, 0.1) is 13.1 Å². The van der Waals surface area contributed by atoms with Crippen LogP contribution in [-0.4, -0.2) is 67.7 Å². The summed E-state index contributed by atoms with van der Waals surface area (Å²) in [5, 5.41) is 2.17. The molecule has 1 N–H and O–H groups in total. The molecule has 1 aliphatic heterocycles. The Balaban J connectivity index is 2.48. The second-order valence-electron chi connectivity index (χ2n) is 4.98. The van der Waals surface area contributed by atoms with Crippen LogP contribution in [0.25, 0.3) is 0 Å². The van der Waals surface area contributed by atoms with Gasteiger partial charge in [0.15, 0.2) is 0 Å². The van der Waals surface area contributed by atoms with Crippen LogP contribution in [0.15, 0.2) is 0 Å². The van der Waals surface area contributed by atoms with E-state index >= 15 is 0 Å². The van der Waals surface area contributed by atoms with Crippen molar-refractivity contribution in [3.63, 3.8) is 0 Å². The molecule has 0 saturated carbocycles. The first kappa shape index (κ1) is 16.2. The summed E-state index contributed by atoms with van der Waals surface area (Å²) in [4.78, 5) is 15.9. The average Bonchev–Trinajstić information content (AvgIpc) is 2.48. The number of rotatable bonds is 4. The summed E-state index contributed by atoms with van der Waals surface area (Å²) < 4.78 is 36.0. The third-order valence-corrected chi connectivity index (χ3v) is 3.30. The van der Waals surface area contributed by atoms with Crippen LogP contribution < -0.4 is 5.32 Å². The maximum atomic E-state index is 12.0. The van der Waals surface area contributed by atoms with E-state index in [4.69, 9.17) is 0 Å². The maximum absolute atomic E-state index is 12.0. The van der Waals surface area contributed by atoms with Gasteiger partial charge < -0.3 is 15.1 Å². The van der Waals surface area contributed by atoms with Crippen molar-refractivity contribution in [1.82, 2.24) is 15.1 Å². The molecule has 1 unspecified atom stereocenters. The van der Waals surface area contributed by atoms with Gasteiger partial charge in [-0.25, -0.2) is 0 Å². The lowest BCUT2D eigenvalue weighted by atomic mass is 10.2. The van der Waals surface area contributed by atoms with Crippen LogP contribution in [-0.2, 0) is 4.79 Å². The second-order valence-corrected chi connectivity index (χ2v) is 4.98. The van der Waals surface area contributed by atoms with E-state index < -0.39 is 12.7 Å². The molecule has 1 atom stereocenters. The van der Waals surface area contributed by atoms with Gasteiger partial charge in [-0.05, 0) is 26.4 Å². The number of nitrogens with one attached hydrogen (secondary N) is 1. The highest BCUT2D eigenvalue weighted by Gasteiger charge is 2.29. The molecule has 0 bridgehead atoms. The fraction of sp³-hybridized carbons (Fsp3) is 0.917.